The van der Waals surface area contributed by atoms with Gasteiger partial charge in [-0.2, -0.15) is 0 Å². The molecule has 2 heteroatoms. The van der Waals surface area contributed by atoms with Crippen LogP contribution in [0.4, 0.5) is 0 Å². The lowest BCUT2D eigenvalue weighted by molar-refractivity contribution is 0.145. The summed E-state index contributed by atoms with van der Waals surface area (Å²) < 4.78 is 0. The predicted molar refractivity (Wildman–Crippen MR) is 50.9 cm³/mol. The predicted octanol–water partition coefficient (Wildman–Crippen LogP) is 1.07. The van der Waals surface area contributed by atoms with Crippen LogP contribution >= 0.6 is 0 Å². The molecule has 1 unspecified atom stereocenters. The first-order valence-electron chi connectivity index (χ1n) is 4.93. The van der Waals surface area contributed by atoms with Gasteiger partial charge in [-0.3, -0.25) is 4.90 Å². The molecule has 0 aromatic rings. The summed E-state index contributed by atoms with van der Waals surface area (Å²) in [6.45, 7) is 10.3. The maximum absolute atomic E-state index is 5.79. The Morgan fingerprint density at radius 2 is 2.17 bits per heavy atom. The van der Waals surface area contributed by atoms with Crippen LogP contribution < -0.4 is 5.73 Å². The SMILES string of the molecule is CC(C)(C)N1CC2C[C@]2(CN)C1. The Morgan fingerprint density at radius 1 is 1.50 bits per heavy atom. The minimum atomic E-state index is 0.343. The number of fused-ring (bicyclic) bond motifs is 1. The van der Waals surface area contributed by atoms with Crippen LogP contribution in [0.5, 0.6) is 0 Å². The highest BCUT2D eigenvalue weighted by Crippen LogP contribution is 2.57. The molecule has 12 heavy (non-hydrogen) atoms. The Morgan fingerprint density at radius 3 is 2.50 bits per heavy atom. The molecule has 0 amide bonds. The smallest absolute Gasteiger partial charge is 0.0125 e. The molecule has 1 aliphatic carbocycles. The Labute approximate surface area is 75.1 Å². The second-order valence-corrected chi connectivity index (χ2v) is 5.52. The van der Waals surface area contributed by atoms with Crippen molar-refractivity contribution in [3.05, 3.63) is 0 Å². The summed E-state index contributed by atoms with van der Waals surface area (Å²) in [5, 5.41) is 0. The summed E-state index contributed by atoms with van der Waals surface area (Å²) in [7, 11) is 0. The molecule has 0 bridgehead atoms. The van der Waals surface area contributed by atoms with Gasteiger partial charge in [0.1, 0.15) is 0 Å². The van der Waals surface area contributed by atoms with E-state index in [9.17, 15) is 0 Å². The molecule has 2 rings (SSSR count). The lowest BCUT2D eigenvalue weighted by atomic mass is 10.0. The van der Waals surface area contributed by atoms with Crippen molar-refractivity contribution in [2.24, 2.45) is 17.1 Å². The van der Waals surface area contributed by atoms with E-state index in [1.54, 1.807) is 0 Å². The summed E-state index contributed by atoms with van der Waals surface area (Å²) in [6, 6.07) is 0. The summed E-state index contributed by atoms with van der Waals surface area (Å²) >= 11 is 0. The van der Waals surface area contributed by atoms with Gasteiger partial charge in [0.2, 0.25) is 0 Å². The van der Waals surface area contributed by atoms with Crippen LogP contribution in [-0.4, -0.2) is 30.1 Å². The maximum atomic E-state index is 5.79. The van der Waals surface area contributed by atoms with Crippen molar-refractivity contribution >= 4 is 0 Å². The van der Waals surface area contributed by atoms with Gasteiger partial charge in [0.05, 0.1) is 0 Å². The molecular weight excluding hydrogens is 148 g/mol. The third-order valence-electron chi connectivity index (χ3n) is 3.66. The average Bonchev–Trinajstić information content (AvgIpc) is 2.53. The number of nitrogens with two attached hydrogens (primary N) is 1. The second kappa shape index (κ2) is 2.24. The zero-order valence-electron chi connectivity index (χ0n) is 8.43. The van der Waals surface area contributed by atoms with Crippen LogP contribution in [0.25, 0.3) is 0 Å². The van der Waals surface area contributed by atoms with E-state index in [-0.39, 0.29) is 0 Å². The van der Waals surface area contributed by atoms with Gasteiger partial charge in [0.25, 0.3) is 0 Å². The molecule has 2 nitrogen and oxygen atoms in total. The zero-order chi connectivity index (χ0) is 8.98. The molecule has 1 saturated carbocycles. The van der Waals surface area contributed by atoms with E-state index in [4.69, 9.17) is 5.73 Å². The second-order valence-electron chi connectivity index (χ2n) is 5.52. The largest absolute Gasteiger partial charge is 0.330 e. The van der Waals surface area contributed by atoms with Gasteiger partial charge < -0.3 is 5.73 Å². The molecule has 0 aromatic carbocycles. The highest BCUT2D eigenvalue weighted by molar-refractivity contribution is 5.12. The molecule has 1 heterocycles. The first kappa shape index (κ1) is 8.52. The van der Waals surface area contributed by atoms with Crippen LogP contribution in [-0.2, 0) is 0 Å². The van der Waals surface area contributed by atoms with Crippen LogP contribution in [0.1, 0.15) is 27.2 Å². The third-order valence-corrected chi connectivity index (χ3v) is 3.66. The van der Waals surface area contributed by atoms with Gasteiger partial charge in [0.15, 0.2) is 0 Å². The molecule has 2 N–H and O–H groups in total. The fraction of sp³-hybridized carbons (Fsp3) is 1.00. The Balaban J connectivity index is 2.02. The summed E-state index contributed by atoms with van der Waals surface area (Å²) in [6.07, 6.45) is 1.38. The van der Waals surface area contributed by atoms with E-state index < -0.39 is 0 Å². The van der Waals surface area contributed by atoms with Crippen molar-refractivity contribution in [1.29, 1.82) is 0 Å². The number of hydrogen-bond donors (Lipinski definition) is 1. The number of likely N-dealkylation sites (tertiary alicyclic amines) is 1. The molecule has 0 spiro atoms. The van der Waals surface area contributed by atoms with E-state index >= 15 is 0 Å². The fourth-order valence-electron chi connectivity index (χ4n) is 2.42. The van der Waals surface area contributed by atoms with Crippen molar-refractivity contribution in [2.75, 3.05) is 19.6 Å². The number of nitrogens with zero attached hydrogens (tertiary/aromatic N) is 1. The Hall–Kier alpha value is -0.0800. The molecule has 0 aromatic heterocycles. The summed E-state index contributed by atoms with van der Waals surface area (Å²) in [5.74, 6) is 0.918. The van der Waals surface area contributed by atoms with Gasteiger partial charge in [-0.05, 0) is 45.1 Å². The van der Waals surface area contributed by atoms with Gasteiger partial charge in [-0.1, -0.05) is 0 Å². The lowest BCUT2D eigenvalue weighted by Gasteiger charge is -2.34. The third kappa shape index (κ3) is 1.09. The minimum absolute atomic E-state index is 0.343. The van der Waals surface area contributed by atoms with Crippen molar-refractivity contribution in [3.63, 3.8) is 0 Å². The maximum Gasteiger partial charge on any atom is 0.0125 e. The topological polar surface area (TPSA) is 29.3 Å². The summed E-state index contributed by atoms with van der Waals surface area (Å²) in [5.41, 5.74) is 6.67. The van der Waals surface area contributed by atoms with Gasteiger partial charge in [0, 0.05) is 18.6 Å². The zero-order valence-corrected chi connectivity index (χ0v) is 8.43. The highest BCUT2D eigenvalue weighted by atomic mass is 15.2. The van der Waals surface area contributed by atoms with Crippen molar-refractivity contribution in [3.8, 4) is 0 Å². The molecule has 70 valence electrons. The van der Waals surface area contributed by atoms with Gasteiger partial charge in [-0.25, -0.2) is 0 Å². The first-order chi connectivity index (χ1) is 5.48. The molecular formula is C10H20N2. The van der Waals surface area contributed by atoms with Crippen molar-refractivity contribution < 1.29 is 0 Å². The number of rotatable bonds is 1. The molecule has 2 atom stereocenters. The van der Waals surface area contributed by atoms with E-state index in [1.165, 1.54) is 19.5 Å². The number of hydrogen-bond acceptors (Lipinski definition) is 2. The van der Waals surface area contributed by atoms with E-state index in [1.807, 2.05) is 0 Å². The van der Waals surface area contributed by atoms with E-state index in [0.29, 0.717) is 11.0 Å². The van der Waals surface area contributed by atoms with E-state index in [2.05, 4.69) is 25.7 Å². The minimum Gasteiger partial charge on any atom is -0.330 e. The van der Waals surface area contributed by atoms with Crippen LogP contribution in [0.2, 0.25) is 0 Å². The first-order valence-corrected chi connectivity index (χ1v) is 4.93. The van der Waals surface area contributed by atoms with Crippen molar-refractivity contribution in [2.45, 2.75) is 32.7 Å². The van der Waals surface area contributed by atoms with Crippen molar-refractivity contribution in [1.82, 2.24) is 4.90 Å². The van der Waals surface area contributed by atoms with E-state index in [0.717, 1.165) is 12.5 Å². The normalized spacial score (nSPS) is 41.5. The fourth-order valence-corrected chi connectivity index (χ4v) is 2.42. The van der Waals surface area contributed by atoms with Crippen LogP contribution in [0, 0.1) is 11.3 Å². The molecule has 1 aliphatic heterocycles. The molecule has 1 saturated heterocycles. The summed E-state index contributed by atoms with van der Waals surface area (Å²) in [4.78, 5) is 2.58. The molecule has 0 radical (unpaired) electrons. The average molecular weight is 168 g/mol. The Kier molecular flexibility index (Phi) is 1.59. The monoisotopic (exact) mass is 168 g/mol. The standard InChI is InChI=1S/C10H20N2/c1-9(2,3)12-5-8-4-10(8,6-11)7-12/h8H,4-7,11H2,1-3H3/t8?,10-/m0/s1. The van der Waals surface area contributed by atoms with Crippen LogP contribution in [0.3, 0.4) is 0 Å². The molecule has 2 aliphatic rings. The Bertz CT molecular complexity index is 191. The highest BCUT2D eigenvalue weighted by Gasteiger charge is 2.59. The van der Waals surface area contributed by atoms with Crippen LogP contribution in [0.15, 0.2) is 0 Å². The van der Waals surface area contributed by atoms with Gasteiger partial charge in [-0.15, -0.1) is 0 Å². The lowest BCUT2D eigenvalue weighted by Crippen LogP contribution is -2.42. The molecule has 2 fully saturated rings. The van der Waals surface area contributed by atoms with Gasteiger partial charge >= 0.3 is 0 Å². The number of piperidine rings is 1. The quantitative estimate of drug-likeness (QED) is 0.634.